The molecule has 0 unspecified atom stereocenters. The first-order valence-electron chi connectivity index (χ1n) is 6.06. The van der Waals surface area contributed by atoms with Gasteiger partial charge in [0.1, 0.15) is 0 Å². The zero-order chi connectivity index (χ0) is 15.2. The largest absolute Gasteiger partial charge is 0.450 e. The van der Waals surface area contributed by atoms with Gasteiger partial charge < -0.3 is 9.26 Å². The average Bonchev–Trinajstić information content (AvgIpc) is 2.92. The van der Waals surface area contributed by atoms with Gasteiger partial charge in [-0.3, -0.25) is 14.9 Å². The molecule has 2 rings (SSSR count). The summed E-state index contributed by atoms with van der Waals surface area (Å²) in [6, 6.07) is 9.60. The Morgan fingerprint density at radius 2 is 1.95 bits per heavy atom. The van der Waals surface area contributed by atoms with E-state index < -0.39 is 24.4 Å². The quantitative estimate of drug-likeness (QED) is 0.846. The number of benzene rings is 1. The molecule has 1 aromatic carbocycles. The number of carbonyl (C=O) groups excluding carboxylic acids is 3. The van der Waals surface area contributed by atoms with Gasteiger partial charge in [0.2, 0.25) is 5.76 Å². The zero-order valence-electron chi connectivity index (χ0n) is 11.2. The van der Waals surface area contributed by atoms with Crippen LogP contribution in [0.2, 0.25) is 0 Å². The highest BCUT2D eigenvalue weighted by molar-refractivity contribution is 6.05. The van der Waals surface area contributed by atoms with Crippen molar-refractivity contribution in [2.45, 2.75) is 6.92 Å². The van der Waals surface area contributed by atoms with Crippen LogP contribution in [0.15, 0.2) is 40.9 Å². The summed E-state index contributed by atoms with van der Waals surface area (Å²) in [7, 11) is 0. The highest BCUT2D eigenvalue weighted by Gasteiger charge is 2.16. The molecule has 0 fully saturated rings. The van der Waals surface area contributed by atoms with Crippen molar-refractivity contribution in [3.8, 4) is 0 Å². The van der Waals surface area contributed by atoms with E-state index in [1.165, 1.54) is 6.07 Å². The Morgan fingerprint density at radius 3 is 2.57 bits per heavy atom. The fourth-order valence-electron chi connectivity index (χ4n) is 1.49. The summed E-state index contributed by atoms with van der Waals surface area (Å²) in [5.41, 5.74) is 0.855. The third kappa shape index (κ3) is 4.00. The average molecular weight is 288 g/mol. The first-order chi connectivity index (χ1) is 10.1. The van der Waals surface area contributed by atoms with Crippen molar-refractivity contribution in [3.63, 3.8) is 0 Å². The van der Waals surface area contributed by atoms with Crippen LogP contribution in [0.5, 0.6) is 0 Å². The van der Waals surface area contributed by atoms with Gasteiger partial charge in [-0.15, -0.1) is 0 Å². The Hall–Kier alpha value is -2.96. The van der Waals surface area contributed by atoms with Crippen molar-refractivity contribution in [2.24, 2.45) is 0 Å². The fraction of sp³-hybridized carbons (Fsp3) is 0.143. The zero-order valence-corrected chi connectivity index (χ0v) is 11.2. The molecule has 0 atom stereocenters. The van der Waals surface area contributed by atoms with Crippen molar-refractivity contribution in [1.82, 2.24) is 10.5 Å². The number of amides is 2. The Morgan fingerprint density at radius 1 is 1.24 bits per heavy atom. The number of aromatic nitrogens is 1. The SMILES string of the molecule is Cc1cc(C(=O)OCC(=O)NC(=O)c2ccccc2)on1. The maximum atomic E-state index is 11.7. The van der Waals surface area contributed by atoms with Crippen molar-refractivity contribution >= 4 is 17.8 Å². The molecule has 0 aliphatic carbocycles. The molecule has 1 N–H and O–H groups in total. The van der Waals surface area contributed by atoms with Crippen LogP contribution in [0.25, 0.3) is 0 Å². The lowest BCUT2D eigenvalue weighted by Crippen LogP contribution is -2.34. The van der Waals surface area contributed by atoms with Crippen LogP contribution in [0.4, 0.5) is 0 Å². The Balaban J connectivity index is 1.82. The number of nitrogens with one attached hydrogen (secondary N) is 1. The minimum absolute atomic E-state index is 0.102. The summed E-state index contributed by atoms with van der Waals surface area (Å²) in [4.78, 5) is 34.7. The summed E-state index contributed by atoms with van der Waals surface area (Å²) in [6.07, 6.45) is 0. The molecule has 0 aliphatic heterocycles. The second-order valence-corrected chi connectivity index (χ2v) is 4.15. The number of carbonyl (C=O) groups is 3. The van der Waals surface area contributed by atoms with Crippen molar-refractivity contribution in [3.05, 3.63) is 53.4 Å². The van der Waals surface area contributed by atoms with Gasteiger partial charge in [0.15, 0.2) is 6.61 Å². The minimum atomic E-state index is -0.821. The van der Waals surface area contributed by atoms with Crippen LogP contribution < -0.4 is 5.32 Å². The van der Waals surface area contributed by atoms with Crippen molar-refractivity contribution in [1.29, 1.82) is 0 Å². The molecule has 2 amide bonds. The van der Waals surface area contributed by atoms with E-state index in [4.69, 9.17) is 4.74 Å². The lowest BCUT2D eigenvalue weighted by atomic mass is 10.2. The van der Waals surface area contributed by atoms with Crippen LogP contribution in [0, 0.1) is 6.92 Å². The van der Waals surface area contributed by atoms with E-state index in [9.17, 15) is 14.4 Å². The maximum absolute atomic E-state index is 11.7. The number of ether oxygens (including phenoxy) is 1. The van der Waals surface area contributed by atoms with Gasteiger partial charge in [-0.05, 0) is 19.1 Å². The van der Waals surface area contributed by atoms with E-state index in [2.05, 4.69) is 15.0 Å². The molecule has 21 heavy (non-hydrogen) atoms. The highest BCUT2D eigenvalue weighted by atomic mass is 16.6. The molecule has 1 aromatic heterocycles. The number of aryl methyl sites for hydroxylation is 1. The van der Waals surface area contributed by atoms with Crippen molar-refractivity contribution < 1.29 is 23.6 Å². The molecule has 0 radical (unpaired) electrons. The van der Waals surface area contributed by atoms with Gasteiger partial charge in [0.05, 0.1) is 5.69 Å². The van der Waals surface area contributed by atoms with E-state index in [0.29, 0.717) is 11.3 Å². The van der Waals surface area contributed by atoms with E-state index >= 15 is 0 Å². The summed E-state index contributed by atoms with van der Waals surface area (Å²) in [6.45, 7) is 1.06. The molecule has 0 spiro atoms. The molecule has 0 saturated heterocycles. The number of hydrogen-bond acceptors (Lipinski definition) is 6. The van der Waals surface area contributed by atoms with Crippen LogP contribution in [-0.4, -0.2) is 29.5 Å². The summed E-state index contributed by atoms with van der Waals surface area (Å²) >= 11 is 0. The molecule has 108 valence electrons. The molecule has 0 aliphatic rings. The summed E-state index contributed by atoms with van der Waals surface area (Å²) in [5, 5.41) is 5.63. The van der Waals surface area contributed by atoms with E-state index in [0.717, 1.165) is 0 Å². The smallest absolute Gasteiger partial charge is 0.377 e. The Kier molecular flexibility index (Phi) is 4.45. The Labute approximate surface area is 119 Å². The van der Waals surface area contributed by atoms with Gasteiger partial charge in [-0.1, -0.05) is 23.4 Å². The highest BCUT2D eigenvalue weighted by Crippen LogP contribution is 2.04. The van der Waals surface area contributed by atoms with Gasteiger partial charge in [-0.2, -0.15) is 0 Å². The first-order valence-corrected chi connectivity index (χ1v) is 6.06. The van der Waals surface area contributed by atoms with Gasteiger partial charge in [0, 0.05) is 11.6 Å². The Bertz CT molecular complexity index is 663. The second kappa shape index (κ2) is 6.47. The first kappa shape index (κ1) is 14.4. The molecular weight excluding hydrogens is 276 g/mol. The van der Waals surface area contributed by atoms with Gasteiger partial charge in [-0.25, -0.2) is 4.79 Å². The van der Waals surface area contributed by atoms with E-state index in [1.807, 2.05) is 0 Å². The predicted molar refractivity (Wildman–Crippen MR) is 70.4 cm³/mol. The van der Waals surface area contributed by atoms with Crippen molar-refractivity contribution in [2.75, 3.05) is 6.61 Å². The molecule has 1 heterocycles. The third-order valence-corrected chi connectivity index (χ3v) is 2.45. The molecule has 7 heteroatoms. The molecule has 0 saturated carbocycles. The molecule has 7 nitrogen and oxygen atoms in total. The molecular formula is C14H12N2O5. The van der Waals surface area contributed by atoms with Gasteiger partial charge >= 0.3 is 5.97 Å². The third-order valence-electron chi connectivity index (χ3n) is 2.45. The van der Waals surface area contributed by atoms with Crippen LogP contribution in [0.3, 0.4) is 0 Å². The van der Waals surface area contributed by atoms with Crippen LogP contribution in [-0.2, 0) is 9.53 Å². The lowest BCUT2D eigenvalue weighted by molar-refractivity contribution is -0.123. The topological polar surface area (TPSA) is 98.5 Å². The predicted octanol–water partition coefficient (Wildman–Crippen LogP) is 1.10. The second-order valence-electron chi connectivity index (χ2n) is 4.15. The number of hydrogen-bond donors (Lipinski definition) is 1. The summed E-state index contributed by atoms with van der Waals surface area (Å²) in [5.74, 6) is -2.21. The van der Waals surface area contributed by atoms with Gasteiger partial charge in [0.25, 0.3) is 11.8 Å². The van der Waals surface area contributed by atoms with Crippen LogP contribution >= 0.6 is 0 Å². The number of nitrogens with zero attached hydrogens (tertiary/aromatic N) is 1. The monoisotopic (exact) mass is 288 g/mol. The van der Waals surface area contributed by atoms with E-state index in [-0.39, 0.29) is 5.76 Å². The normalized spacial score (nSPS) is 9.95. The standard InChI is InChI=1S/C14H12N2O5/c1-9-7-11(21-16-9)14(19)20-8-12(17)15-13(18)10-5-3-2-4-6-10/h2-7H,8H2,1H3,(H,15,17,18). The fourth-order valence-corrected chi connectivity index (χ4v) is 1.49. The molecule has 2 aromatic rings. The minimum Gasteiger partial charge on any atom is -0.450 e. The van der Waals surface area contributed by atoms with E-state index in [1.54, 1.807) is 37.3 Å². The summed E-state index contributed by atoms with van der Waals surface area (Å²) < 4.78 is 9.39. The number of rotatable bonds is 4. The lowest BCUT2D eigenvalue weighted by Gasteiger charge is -2.04. The number of imide groups is 1. The van der Waals surface area contributed by atoms with Crippen LogP contribution in [0.1, 0.15) is 26.6 Å². The molecule has 0 bridgehead atoms. The number of esters is 1. The maximum Gasteiger partial charge on any atom is 0.377 e.